The maximum absolute atomic E-state index is 11.4. The van der Waals surface area contributed by atoms with E-state index in [4.69, 9.17) is 4.74 Å². The summed E-state index contributed by atoms with van der Waals surface area (Å²) in [6.45, 7) is 14.2. The molecule has 0 rings (SSSR count). The highest BCUT2D eigenvalue weighted by atomic mass is 16.5. The van der Waals surface area contributed by atoms with Crippen molar-refractivity contribution in [2.24, 2.45) is 5.92 Å². The Morgan fingerprint density at radius 2 is 1.83 bits per heavy atom. The fourth-order valence-electron chi connectivity index (χ4n) is 1.72. The lowest BCUT2D eigenvalue weighted by atomic mass is 10.2. The minimum absolute atomic E-state index is 0.181. The first-order valence-electron chi connectivity index (χ1n) is 7.15. The first kappa shape index (κ1) is 17.2. The molecule has 0 aromatic carbocycles. The predicted octanol–water partition coefficient (Wildman–Crippen LogP) is 2.88. The highest BCUT2D eigenvalue weighted by Crippen LogP contribution is 2.00. The Balaban J connectivity index is 3.63. The number of alkyl carbamates (subject to hydrolysis) is 1. The van der Waals surface area contributed by atoms with Gasteiger partial charge in [0, 0.05) is 6.04 Å². The van der Waals surface area contributed by atoms with Crippen LogP contribution in [-0.2, 0) is 4.74 Å². The van der Waals surface area contributed by atoms with E-state index in [0.717, 1.165) is 32.5 Å². The Bertz CT molecular complexity index is 216. The maximum Gasteiger partial charge on any atom is 0.407 e. The molecule has 0 aromatic heterocycles. The van der Waals surface area contributed by atoms with Crippen LogP contribution in [0.25, 0.3) is 0 Å². The van der Waals surface area contributed by atoms with E-state index in [1.165, 1.54) is 0 Å². The molecule has 0 fully saturated rings. The van der Waals surface area contributed by atoms with Crippen molar-refractivity contribution < 1.29 is 9.53 Å². The monoisotopic (exact) mass is 258 g/mol. The van der Waals surface area contributed by atoms with Gasteiger partial charge in [0.05, 0.1) is 6.61 Å². The number of nitrogens with one attached hydrogen (secondary N) is 1. The number of nitrogens with zero attached hydrogens (tertiary/aromatic N) is 1. The minimum Gasteiger partial charge on any atom is -0.449 e. The topological polar surface area (TPSA) is 41.6 Å². The van der Waals surface area contributed by atoms with Crippen molar-refractivity contribution in [3.05, 3.63) is 0 Å². The highest BCUT2D eigenvalue weighted by molar-refractivity contribution is 5.67. The van der Waals surface area contributed by atoms with E-state index in [1.54, 1.807) is 0 Å². The summed E-state index contributed by atoms with van der Waals surface area (Å²) in [5.74, 6) is 0.383. The quantitative estimate of drug-likeness (QED) is 0.691. The molecule has 0 spiro atoms. The van der Waals surface area contributed by atoms with Gasteiger partial charge >= 0.3 is 6.09 Å². The molecule has 1 N–H and O–H groups in total. The van der Waals surface area contributed by atoms with Crippen LogP contribution in [0.3, 0.4) is 0 Å². The van der Waals surface area contributed by atoms with Crippen LogP contribution in [0.5, 0.6) is 0 Å². The van der Waals surface area contributed by atoms with E-state index in [9.17, 15) is 4.79 Å². The van der Waals surface area contributed by atoms with E-state index in [0.29, 0.717) is 12.5 Å². The lowest BCUT2D eigenvalue weighted by Gasteiger charge is -2.19. The molecule has 1 atom stereocenters. The predicted molar refractivity (Wildman–Crippen MR) is 75.8 cm³/mol. The molecule has 0 aliphatic rings. The number of ether oxygens (including phenoxy) is 1. The molecule has 1 amide bonds. The number of amides is 1. The summed E-state index contributed by atoms with van der Waals surface area (Å²) in [4.78, 5) is 13.8. The summed E-state index contributed by atoms with van der Waals surface area (Å²) < 4.78 is 5.08. The van der Waals surface area contributed by atoms with Gasteiger partial charge in [0.15, 0.2) is 0 Å². The zero-order valence-electron chi connectivity index (χ0n) is 12.7. The van der Waals surface area contributed by atoms with Crippen LogP contribution in [0.1, 0.15) is 47.5 Å². The third kappa shape index (κ3) is 9.28. The van der Waals surface area contributed by atoms with E-state index in [2.05, 4.69) is 24.1 Å². The van der Waals surface area contributed by atoms with Crippen molar-refractivity contribution in [1.82, 2.24) is 10.2 Å². The molecule has 0 saturated carbocycles. The summed E-state index contributed by atoms with van der Waals surface area (Å²) >= 11 is 0. The van der Waals surface area contributed by atoms with Crippen LogP contribution in [-0.4, -0.2) is 43.3 Å². The van der Waals surface area contributed by atoms with Gasteiger partial charge in [-0.3, -0.25) is 0 Å². The summed E-state index contributed by atoms with van der Waals surface area (Å²) in [5.41, 5.74) is 0. The van der Waals surface area contributed by atoms with Crippen molar-refractivity contribution in [2.45, 2.75) is 53.5 Å². The van der Waals surface area contributed by atoms with Gasteiger partial charge in [0.25, 0.3) is 0 Å². The van der Waals surface area contributed by atoms with Gasteiger partial charge in [0.2, 0.25) is 0 Å². The van der Waals surface area contributed by atoms with Crippen molar-refractivity contribution in [1.29, 1.82) is 0 Å². The molecule has 0 unspecified atom stereocenters. The Hall–Kier alpha value is -0.770. The van der Waals surface area contributed by atoms with Crippen molar-refractivity contribution >= 4 is 6.09 Å². The summed E-state index contributed by atoms with van der Waals surface area (Å²) in [5, 5.41) is 2.87. The van der Waals surface area contributed by atoms with Gasteiger partial charge in [-0.2, -0.15) is 0 Å². The number of hydrogen-bond donors (Lipinski definition) is 1. The van der Waals surface area contributed by atoms with Gasteiger partial charge in [-0.05, 0) is 45.3 Å². The molecule has 4 heteroatoms. The van der Waals surface area contributed by atoms with E-state index >= 15 is 0 Å². The lowest BCUT2D eigenvalue weighted by molar-refractivity contribution is 0.129. The fourth-order valence-corrected chi connectivity index (χ4v) is 1.72. The average molecular weight is 258 g/mol. The molecular formula is C14H30N2O2. The Morgan fingerprint density at radius 1 is 1.22 bits per heavy atom. The van der Waals surface area contributed by atoms with Crippen molar-refractivity contribution in [3.8, 4) is 0 Å². The number of hydrogen-bond acceptors (Lipinski definition) is 3. The summed E-state index contributed by atoms with van der Waals surface area (Å²) in [6.07, 6.45) is 1.81. The van der Waals surface area contributed by atoms with Crippen molar-refractivity contribution in [3.63, 3.8) is 0 Å². The second-order valence-corrected chi connectivity index (χ2v) is 5.21. The normalized spacial score (nSPS) is 12.8. The van der Waals surface area contributed by atoms with Gasteiger partial charge < -0.3 is 15.0 Å². The third-order valence-electron chi connectivity index (χ3n) is 2.92. The molecule has 0 saturated heterocycles. The maximum atomic E-state index is 11.4. The zero-order chi connectivity index (χ0) is 14.0. The second-order valence-electron chi connectivity index (χ2n) is 5.21. The number of carbonyl (C=O) groups excluding carboxylic acids is 1. The number of rotatable bonds is 9. The minimum atomic E-state index is -0.293. The van der Waals surface area contributed by atoms with Gasteiger partial charge in [-0.15, -0.1) is 0 Å². The molecule has 0 bridgehead atoms. The molecule has 0 radical (unpaired) electrons. The fraction of sp³-hybridized carbons (Fsp3) is 0.929. The molecule has 0 aliphatic carbocycles. The molecule has 0 heterocycles. The molecular weight excluding hydrogens is 228 g/mol. The van der Waals surface area contributed by atoms with Gasteiger partial charge in [0.1, 0.15) is 0 Å². The van der Waals surface area contributed by atoms with Crippen molar-refractivity contribution in [2.75, 3.05) is 26.2 Å². The SMILES string of the molecule is CCN(CC)CCC[C@H](C)NC(=O)OCC(C)C. The Labute approximate surface area is 112 Å². The highest BCUT2D eigenvalue weighted by Gasteiger charge is 2.09. The standard InChI is InChI=1S/C14H30N2O2/c1-6-16(7-2)10-8-9-13(5)15-14(17)18-11-12(3)4/h12-13H,6-11H2,1-5H3,(H,15,17)/t13-/m0/s1. The van der Waals surface area contributed by atoms with E-state index in [1.807, 2.05) is 20.8 Å². The van der Waals surface area contributed by atoms with Crippen LogP contribution >= 0.6 is 0 Å². The van der Waals surface area contributed by atoms with E-state index < -0.39 is 0 Å². The van der Waals surface area contributed by atoms with Crippen LogP contribution in [0.2, 0.25) is 0 Å². The zero-order valence-corrected chi connectivity index (χ0v) is 12.7. The van der Waals surface area contributed by atoms with Crippen LogP contribution in [0.4, 0.5) is 4.79 Å². The largest absolute Gasteiger partial charge is 0.449 e. The van der Waals surface area contributed by atoms with Crippen LogP contribution < -0.4 is 5.32 Å². The van der Waals surface area contributed by atoms with Gasteiger partial charge in [-0.25, -0.2) is 4.79 Å². The first-order valence-corrected chi connectivity index (χ1v) is 7.15. The number of carbonyl (C=O) groups is 1. The first-order chi connectivity index (χ1) is 8.49. The second kappa shape index (κ2) is 10.2. The van der Waals surface area contributed by atoms with Gasteiger partial charge in [-0.1, -0.05) is 27.7 Å². The molecule has 108 valence electrons. The van der Waals surface area contributed by atoms with Crippen LogP contribution in [0, 0.1) is 5.92 Å². The average Bonchev–Trinajstić information content (AvgIpc) is 2.32. The smallest absolute Gasteiger partial charge is 0.407 e. The Morgan fingerprint density at radius 3 is 2.33 bits per heavy atom. The summed E-state index contributed by atoms with van der Waals surface area (Å²) in [6, 6.07) is 0.181. The lowest BCUT2D eigenvalue weighted by Crippen LogP contribution is -2.34. The van der Waals surface area contributed by atoms with Crippen LogP contribution in [0.15, 0.2) is 0 Å². The van der Waals surface area contributed by atoms with E-state index in [-0.39, 0.29) is 12.1 Å². The molecule has 18 heavy (non-hydrogen) atoms. The molecule has 0 aliphatic heterocycles. The third-order valence-corrected chi connectivity index (χ3v) is 2.92. The molecule has 0 aromatic rings. The summed E-state index contributed by atoms with van der Waals surface area (Å²) in [7, 11) is 0. The molecule has 4 nitrogen and oxygen atoms in total. The Kier molecular flexibility index (Phi) is 9.74.